The quantitative estimate of drug-likeness (QED) is 0.693. The van der Waals surface area contributed by atoms with Crippen molar-refractivity contribution in [3.8, 4) is 0 Å². The van der Waals surface area contributed by atoms with Crippen molar-refractivity contribution in [2.75, 3.05) is 6.61 Å². The van der Waals surface area contributed by atoms with Crippen molar-refractivity contribution >= 4 is 5.97 Å². The summed E-state index contributed by atoms with van der Waals surface area (Å²) in [7, 11) is 0. The first-order valence-electron chi connectivity index (χ1n) is 4.33. The van der Waals surface area contributed by atoms with E-state index in [2.05, 4.69) is 5.73 Å². The molecule has 0 aliphatic heterocycles. The van der Waals surface area contributed by atoms with Crippen LogP contribution in [0.15, 0.2) is 24.3 Å². The molecule has 13 heavy (non-hydrogen) atoms. The highest BCUT2D eigenvalue weighted by Crippen LogP contribution is 2.04. The average molecular weight is 180 g/mol. The summed E-state index contributed by atoms with van der Waals surface area (Å²) in [5.41, 5.74) is 5.47. The second-order valence-electron chi connectivity index (χ2n) is 2.67. The lowest BCUT2D eigenvalue weighted by atomic mass is 10.1. The molecule has 0 aliphatic rings. The molecule has 0 saturated carbocycles. The molecule has 1 rings (SSSR count). The van der Waals surface area contributed by atoms with E-state index in [-0.39, 0.29) is 5.97 Å². The SMILES string of the molecule is CCOC(=O)c1ccc(C[NH3+])cc1. The van der Waals surface area contributed by atoms with Gasteiger partial charge in [-0.05, 0) is 19.1 Å². The Hall–Kier alpha value is -1.35. The van der Waals surface area contributed by atoms with Gasteiger partial charge in [0.15, 0.2) is 0 Å². The summed E-state index contributed by atoms with van der Waals surface area (Å²) in [5.74, 6) is -0.266. The maximum Gasteiger partial charge on any atom is 0.338 e. The Labute approximate surface area is 77.5 Å². The third kappa shape index (κ3) is 2.56. The van der Waals surface area contributed by atoms with Crippen LogP contribution in [0.3, 0.4) is 0 Å². The monoisotopic (exact) mass is 180 g/mol. The van der Waals surface area contributed by atoms with Gasteiger partial charge in [-0.1, -0.05) is 12.1 Å². The molecule has 0 heterocycles. The van der Waals surface area contributed by atoms with E-state index < -0.39 is 0 Å². The van der Waals surface area contributed by atoms with E-state index in [0.717, 1.165) is 12.1 Å². The summed E-state index contributed by atoms with van der Waals surface area (Å²) in [6.45, 7) is 2.95. The lowest BCUT2D eigenvalue weighted by Crippen LogP contribution is -2.47. The molecular weight excluding hydrogens is 166 g/mol. The molecule has 0 spiro atoms. The van der Waals surface area contributed by atoms with E-state index in [4.69, 9.17) is 4.74 Å². The zero-order valence-electron chi connectivity index (χ0n) is 7.75. The zero-order valence-corrected chi connectivity index (χ0v) is 7.75. The van der Waals surface area contributed by atoms with E-state index in [0.29, 0.717) is 12.2 Å². The fraction of sp³-hybridized carbons (Fsp3) is 0.300. The number of hydrogen-bond donors (Lipinski definition) is 1. The maximum atomic E-state index is 11.2. The van der Waals surface area contributed by atoms with Crippen molar-refractivity contribution < 1.29 is 15.3 Å². The number of carbonyl (C=O) groups excluding carboxylic acids is 1. The van der Waals surface area contributed by atoms with Crippen molar-refractivity contribution in [3.05, 3.63) is 35.4 Å². The van der Waals surface area contributed by atoms with Crippen LogP contribution in [0.5, 0.6) is 0 Å². The molecule has 3 heteroatoms. The zero-order chi connectivity index (χ0) is 9.68. The van der Waals surface area contributed by atoms with E-state index in [1.807, 2.05) is 12.1 Å². The van der Waals surface area contributed by atoms with Crippen LogP contribution in [-0.4, -0.2) is 12.6 Å². The summed E-state index contributed by atoms with van der Waals surface area (Å²) in [5, 5.41) is 0. The number of carbonyl (C=O) groups is 1. The highest BCUT2D eigenvalue weighted by molar-refractivity contribution is 5.89. The Bertz CT molecular complexity index is 279. The molecule has 3 nitrogen and oxygen atoms in total. The molecule has 0 aromatic heterocycles. The number of rotatable bonds is 3. The number of esters is 1. The van der Waals surface area contributed by atoms with E-state index in [1.54, 1.807) is 19.1 Å². The number of hydrogen-bond acceptors (Lipinski definition) is 2. The average Bonchev–Trinajstić information content (AvgIpc) is 2.18. The maximum absolute atomic E-state index is 11.2. The van der Waals surface area contributed by atoms with Crippen molar-refractivity contribution in [2.24, 2.45) is 0 Å². The van der Waals surface area contributed by atoms with Crippen molar-refractivity contribution in [2.45, 2.75) is 13.5 Å². The van der Waals surface area contributed by atoms with E-state index in [1.165, 1.54) is 0 Å². The van der Waals surface area contributed by atoms with Crippen LogP contribution in [0.25, 0.3) is 0 Å². The van der Waals surface area contributed by atoms with Crippen molar-refractivity contribution in [1.82, 2.24) is 0 Å². The molecule has 0 saturated heterocycles. The van der Waals surface area contributed by atoms with Crippen LogP contribution in [-0.2, 0) is 11.3 Å². The molecule has 0 radical (unpaired) electrons. The van der Waals surface area contributed by atoms with Gasteiger partial charge in [0.1, 0.15) is 0 Å². The minimum atomic E-state index is -0.266. The largest absolute Gasteiger partial charge is 0.462 e. The van der Waals surface area contributed by atoms with Gasteiger partial charge in [0.05, 0.1) is 18.7 Å². The fourth-order valence-electron chi connectivity index (χ4n) is 1.02. The predicted octanol–water partition coefficient (Wildman–Crippen LogP) is 0.605. The topological polar surface area (TPSA) is 53.9 Å². The van der Waals surface area contributed by atoms with Crippen LogP contribution in [0.2, 0.25) is 0 Å². The molecule has 0 bridgehead atoms. The molecule has 3 N–H and O–H groups in total. The second-order valence-corrected chi connectivity index (χ2v) is 2.67. The van der Waals surface area contributed by atoms with E-state index in [9.17, 15) is 4.79 Å². The molecular formula is C10H14NO2+. The highest BCUT2D eigenvalue weighted by atomic mass is 16.5. The minimum Gasteiger partial charge on any atom is -0.462 e. The first-order chi connectivity index (χ1) is 6.27. The number of quaternary nitrogens is 1. The second kappa shape index (κ2) is 4.62. The van der Waals surface area contributed by atoms with Gasteiger partial charge in [-0.3, -0.25) is 0 Å². The Balaban J connectivity index is 2.74. The van der Waals surface area contributed by atoms with Crippen LogP contribution in [0.4, 0.5) is 0 Å². The third-order valence-electron chi connectivity index (χ3n) is 1.75. The summed E-state index contributed by atoms with van der Waals surface area (Å²) in [6.07, 6.45) is 0. The lowest BCUT2D eigenvalue weighted by Gasteiger charge is -2.01. The van der Waals surface area contributed by atoms with E-state index >= 15 is 0 Å². The highest BCUT2D eigenvalue weighted by Gasteiger charge is 2.04. The molecule has 0 amide bonds. The Morgan fingerprint density at radius 3 is 2.46 bits per heavy atom. The van der Waals surface area contributed by atoms with Gasteiger partial charge in [0.2, 0.25) is 0 Å². The molecule has 0 unspecified atom stereocenters. The minimum absolute atomic E-state index is 0.266. The third-order valence-corrected chi connectivity index (χ3v) is 1.75. The van der Waals surface area contributed by atoms with Crippen molar-refractivity contribution in [1.29, 1.82) is 0 Å². The number of ether oxygens (including phenoxy) is 1. The molecule has 0 aliphatic carbocycles. The fourth-order valence-corrected chi connectivity index (χ4v) is 1.02. The lowest BCUT2D eigenvalue weighted by molar-refractivity contribution is -0.386. The standard InChI is InChI=1S/C10H13NO2/c1-2-13-10(12)9-5-3-8(7-11)4-6-9/h3-6H,2,7,11H2,1H3/p+1. The van der Waals surface area contributed by atoms with Gasteiger partial charge in [-0.15, -0.1) is 0 Å². The predicted molar refractivity (Wildman–Crippen MR) is 49.0 cm³/mol. The molecule has 0 atom stereocenters. The summed E-state index contributed by atoms with van der Waals surface area (Å²) in [4.78, 5) is 11.2. The molecule has 0 fully saturated rings. The molecule has 70 valence electrons. The van der Waals surface area contributed by atoms with Gasteiger partial charge in [-0.25, -0.2) is 4.79 Å². The van der Waals surface area contributed by atoms with Crippen LogP contribution in [0.1, 0.15) is 22.8 Å². The van der Waals surface area contributed by atoms with Crippen LogP contribution in [0, 0.1) is 0 Å². The van der Waals surface area contributed by atoms with Gasteiger partial charge < -0.3 is 10.5 Å². The van der Waals surface area contributed by atoms with Crippen molar-refractivity contribution in [3.63, 3.8) is 0 Å². The Morgan fingerprint density at radius 2 is 2.00 bits per heavy atom. The van der Waals surface area contributed by atoms with Gasteiger partial charge in [0, 0.05) is 5.56 Å². The summed E-state index contributed by atoms with van der Waals surface area (Å²) in [6, 6.07) is 7.30. The summed E-state index contributed by atoms with van der Waals surface area (Å²) >= 11 is 0. The first-order valence-corrected chi connectivity index (χ1v) is 4.33. The van der Waals surface area contributed by atoms with Gasteiger partial charge in [0.25, 0.3) is 0 Å². The normalized spacial score (nSPS) is 9.69. The molecule has 1 aromatic rings. The first kappa shape index (κ1) is 9.74. The smallest absolute Gasteiger partial charge is 0.338 e. The van der Waals surface area contributed by atoms with Gasteiger partial charge >= 0.3 is 5.97 Å². The molecule has 1 aromatic carbocycles. The van der Waals surface area contributed by atoms with Crippen LogP contribution < -0.4 is 5.73 Å². The summed E-state index contributed by atoms with van der Waals surface area (Å²) < 4.78 is 4.85. The van der Waals surface area contributed by atoms with Gasteiger partial charge in [-0.2, -0.15) is 0 Å². The Morgan fingerprint density at radius 1 is 1.38 bits per heavy atom. The Kier molecular flexibility index (Phi) is 3.46. The number of benzene rings is 1. The van der Waals surface area contributed by atoms with Crippen LogP contribution >= 0.6 is 0 Å².